The summed E-state index contributed by atoms with van der Waals surface area (Å²) in [6, 6.07) is 28.1. The number of carbonyl (C=O) groups excluding carboxylic acids is 1. The quantitative estimate of drug-likeness (QED) is 0.110. The van der Waals surface area contributed by atoms with Gasteiger partial charge >= 0.3 is 0 Å². The first-order chi connectivity index (χ1) is 24.4. The maximum absolute atomic E-state index is 12.9. The van der Waals surface area contributed by atoms with Crippen LogP contribution in [0.5, 0.6) is 17.2 Å². The molecule has 0 radical (unpaired) electrons. The van der Waals surface area contributed by atoms with Gasteiger partial charge in [-0.3, -0.25) is 4.79 Å². The molecule has 262 valence electrons. The van der Waals surface area contributed by atoms with Crippen LogP contribution in [0.25, 0.3) is 33.9 Å². The lowest BCUT2D eigenvalue weighted by atomic mass is 9.98. The summed E-state index contributed by atoms with van der Waals surface area (Å²) in [4.78, 5) is 18.3. The number of imidazole rings is 1. The van der Waals surface area contributed by atoms with Crippen LogP contribution in [0.4, 0.5) is 0 Å². The van der Waals surface area contributed by atoms with Gasteiger partial charge in [-0.15, -0.1) is 0 Å². The molecule has 0 saturated carbocycles. The number of methoxy groups -OCH3 is 3. The average molecular weight is 679 g/mol. The highest BCUT2D eigenvalue weighted by atomic mass is 16.5. The van der Waals surface area contributed by atoms with Gasteiger partial charge in [-0.25, -0.2) is 4.98 Å². The van der Waals surface area contributed by atoms with Crippen LogP contribution in [0.2, 0.25) is 0 Å². The molecule has 50 heavy (non-hydrogen) atoms. The van der Waals surface area contributed by atoms with Gasteiger partial charge in [0, 0.05) is 41.9 Å². The van der Waals surface area contributed by atoms with Gasteiger partial charge in [-0.1, -0.05) is 60.7 Å². The summed E-state index contributed by atoms with van der Waals surface area (Å²) < 4.78 is 30.2. The van der Waals surface area contributed by atoms with E-state index in [1.54, 1.807) is 21.3 Å². The summed E-state index contributed by atoms with van der Waals surface area (Å²) in [5.74, 6) is 2.14. The highest BCUT2D eigenvalue weighted by Gasteiger charge is 2.25. The number of ether oxygens (including phenoxy) is 5. The van der Waals surface area contributed by atoms with E-state index in [1.165, 1.54) is 0 Å². The van der Waals surface area contributed by atoms with Crippen molar-refractivity contribution in [2.24, 2.45) is 5.73 Å². The van der Waals surface area contributed by atoms with Crippen molar-refractivity contribution in [1.29, 1.82) is 0 Å². The maximum atomic E-state index is 12.9. The van der Waals surface area contributed by atoms with E-state index in [4.69, 9.17) is 34.4 Å². The number of benzene rings is 4. The molecule has 0 aliphatic heterocycles. The summed E-state index contributed by atoms with van der Waals surface area (Å²) in [5, 5.41) is 2.92. The standard InChI is InChI=1S/C40H46N4O6/c1-27-10-6-8-12-32(27)36-37(33-13-9-7-11-28(33)2)44(39(43-36)31-24-34(46-3)38(48-5)35(25-31)47-4)26-29-14-16-30(17-15-29)40(45)42-19-21-50-23-22-49-20-18-41/h6-17,24-25H,18-23,26,41H2,1-5H3,(H,42,45). The van der Waals surface area contributed by atoms with E-state index in [0.29, 0.717) is 68.9 Å². The van der Waals surface area contributed by atoms with Crippen molar-refractivity contribution in [3.8, 4) is 51.2 Å². The molecule has 0 bridgehead atoms. The van der Waals surface area contributed by atoms with Crippen LogP contribution in [0.3, 0.4) is 0 Å². The predicted molar refractivity (Wildman–Crippen MR) is 196 cm³/mol. The van der Waals surface area contributed by atoms with Gasteiger partial charge in [0.2, 0.25) is 5.75 Å². The molecule has 0 fully saturated rings. The number of aromatic nitrogens is 2. The van der Waals surface area contributed by atoms with Crippen molar-refractivity contribution in [2.75, 3.05) is 60.8 Å². The average Bonchev–Trinajstić information content (AvgIpc) is 3.50. The third-order valence-electron chi connectivity index (χ3n) is 8.41. The molecule has 10 nitrogen and oxygen atoms in total. The summed E-state index contributed by atoms with van der Waals surface area (Å²) in [6.45, 7) is 7.39. The fourth-order valence-corrected chi connectivity index (χ4v) is 5.86. The van der Waals surface area contributed by atoms with E-state index in [2.05, 4.69) is 54.1 Å². The molecule has 0 aliphatic carbocycles. The second kappa shape index (κ2) is 17.5. The van der Waals surface area contributed by atoms with Crippen molar-refractivity contribution in [1.82, 2.24) is 14.9 Å². The van der Waals surface area contributed by atoms with Gasteiger partial charge in [0.15, 0.2) is 11.5 Å². The molecule has 0 saturated heterocycles. The zero-order chi connectivity index (χ0) is 35.5. The van der Waals surface area contributed by atoms with Crippen LogP contribution in [0.1, 0.15) is 27.0 Å². The Kier molecular flexibility index (Phi) is 12.6. The van der Waals surface area contributed by atoms with Crippen LogP contribution in [-0.2, 0) is 16.0 Å². The van der Waals surface area contributed by atoms with Crippen LogP contribution in [0.15, 0.2) is 84.9 Å². The Bertz CT molecular complexity index is 1860. The molecule has 0 spiro atoms. The largest absolute Gasteiger partial charge is 0.493 e. The summed E-state index contributed by atoms with van der Waals surface area (Å²) in [6.07, 6.45) is 0. The molecular weight excluding hydrogens is 632 g/mol. The Labute approximate surface area is 294 Å². The van der Waals surface area contributed by atoms with Gasteiger partial charge in [-0.2, -0.15) is 0 Å². The van der Waals surface area contributed by atoms with Gasteiger partial charge in [0.05, 0.1) is 59.1 Å². The minimum Gasteiger partial charge on any atom is -0.493 e. The van der Waals surface area contributed by atoms with E-state index in [0.717, 1.165) is 50.6 Å². The summed E-state index contributed by atoms with van der Waals surface area (Å²) in [5.41, 5.74) is 14.0. The minimum atomic E-state index is -0.164. The van der Waals surface area contributed by atoms with Gasteiger partial charge in [-0.05, 0) is 54.8 Å². The third-order valence-corrected chi connectivity index (χ3v) is 8.41. The lowest BCUT2D eigenvalue weighted by molar-refractivity contribution is 0.0511. The second-order valence-electron chi connectivity index (χ2n) is 11.7. The Balaban J connectivity index is 1.54. The Morgan fingerprint density at radius 1 is 0.760 bits per heavy atom. The van der Waals surface area contributed by atoms with Crippen LogP contribution in [-0.4, -0.2) is 76.3 Å². The zero-order valence-corrected chi connectivity index (χ0v) is 29.5. The van der Waals surface area contributed by atoms with Crippen LogP contribution in [0, 0.1) is 13.8 Å². The van der Waals surface area contributed by atoms with Crippen LogP contribution < -0.4 is 25.3 Å². The number of nitrogens with two attached hydrogens (primary N) is 1. The van der Waals surface area contributed by atoms with E-state index >= 15 is 0 Å². The van der Waals surface area contributed by atoms with Crippen molar-refractivity contribution >= 4 is 5.91 Å². The van der Waals surface area contributed by atoms with Crippen LogP contribution >= 0.6 is 0 Å². The number of rotatable bonds is 17. The molecule has 5 rings (SSSR count). The predicted octanol–water partition coefficient (Wildman–Crippen LogP) is 6.30. The maximum Gasteiger partial charge on any atom is 0.251 e. The molecule has 10 heteroatoms. The number of hydrogen-bond donors (Lipinski definition) is 2. The first kappa shape index (κ1) is 36.1. The number of carbonyl (C=O) groups is 1. The summed E-state index contributed by atoms with van der Waals surface area (Å²) >= 11 is 0. The van der Waals surface area contributed by atoms with Crippen molar-refractivity contribution < 1.29 is 28.5 Å². The molecule has 1 heterocycles. The molecule has 5 aromatic rings. The van der Waals surface area contributed by atoms with E-state index in [-0.39, 0.29) is 5.91 Å². The van der Waals surface area contributed by atoms with E-state index in [9.17, 15) is 4.79 Å². The smallest absolute Gasteiger partial charge is 0.251 e. The topological polar surface area (TPSA) is 119 Å². The van der Waals surface area contributed by atoms with Crippen molar-refractivity contribution in [3.05, 3.63) is 107 Å². The fourth-order valence-electron chi connectivity index (χ4n) is 5.86. The SMILES string of the molecule is COc1cc(-c2nc(-c3ccccc3C)c(-c3ccccc3C)n2Cc2ccc(C(=O)NCCOCCOCCN)cc2)cc(OC)c1OC. The molecule has 0 atom stereocenters. The number of nitrogens with one attached hydrogen (secondary N) is 1. The van der Waals surface area contributed by atoms with Gasteiger partial charge in [0.25, 0.3) is 5.91 Å². The molecule has 0 aliphatic rings. The normalized spacial score (nSPS) is 11.0. The van der Waals surface area contributed by atoms with Gasteiger partial charge in [0.1, 0.15) is 5.82 Å². The molecule has 1 aromatic heterocycles. The number of hydrogen-bond acceptors (Lipinski definition) is 8. The Morgan fingerprint density at radius 3 is 1.94 bits per heavy atom. The highest BCUT2D eigenvalue weighted by Crippen LogP contribution is 2.44. The van der Waals surface area contributed by atoms with Crippen molar-refractivity contribution in [3.63, 3.8) is 0 Å². The molecule has 3 N–H and O–H groups in total. The third kappa shape index (κ3) is 8.34. The Hall–Kier alpha value is -5.16. The molecule has 0 unspecified atom stereocenters. The monoisotopic (exact) mass is 678 g/mol. The number of amides is 1. The van der Waals surface area contributed by atoms with E-state index in [1.807, 2.05) is 54.6 Å². The second-order valence-corrected chi connectivity index (χ2v) is 11.7. The first-order valence-corrected chi connectivity index (χ1v) is 16.7. The Morgan fingerprint density at radius 2 is 1.36 bits per heavy atom. The number of nitrogens with zero attached hydrogens (tertiary/aromatic N) is 2. The minimum absolute atomic E-state index is 0.164. The summed E-state index contributed by atoms with van der Waals surface area (Å²) in [7, 11) is 4.80. The van der Waals surface area contributed by atoms with Gasteiger partial charge < -0.3 is 39.3 Å². The van der Waals surface area contributed by atoms with Crippen molar-refractivity contribution in [2.45, 2.75) is 20.4 Å². The number of aryl methyl sites for hydroxylation is 2. The first-order valence-electron chi connectivity index (χ1n) is 16.7. The molecular formula is C40H46N4O6. The van der Waals surface area contributed by atoms with E-state index < -0.39 is 0 Å². The molecule has 4 aromatic carbocycles. The highest BCUT2D eigenvalue weighted by molar-refractivity contribution is 5.94. The fraction of sp³-hybridized carbons (Fsp3) is 0.300. The zero-order valence-electron chi connectivity index (χ0n) is 29.5. The molecule has 1 amide bonds. The lowest BCUT2D eigenvalue weighted by Gasteiger charge is -2.17. The lowest BCUT2D eigenvalue weighted by Crippen LogP contribution is -2.27.